The Labute approximate surface area is 96.0 Å². The molecule has 16 heavy (non-hydrogen) atoms. The van der Waals surface area contributed by atoms with Crippen LogP contribution in [0, 0.1) is 0 Å². The molecule has 0 spiro atoms. The highest BCUT2D eigenvalue weighted by molar-refractivity contribution is 5.47. The van der Waals surface area contributed by atoms with Gasteiger partial charge in [0.1, 0.15) is 0 Å². The number of aliphatic hydroxyl groups excluding tert-OH is 1. The van der Waals surface area contributed by atoms with Crippen LogP contribution >= 0.6 is 0 Å². The molecule has 1 aromatic carbocycles. The number of nitrogens with two attached hydrogens (primary N) is 1. The van der Waals surface area contributed by atoms with Crippen molar-refractivity contribution in [1.29, 1.82) is 0 Å². The van der Waals surface area contributed by atoms with Gasteiger partial charge in [-0.1, -0.05) is 12.1 Å². The van der Waals surface area contributed by atoms with Crippen molar-refractivity contribution in [2.24, 2.45) is 5.73 Å². The average molecular weight is 225 g/mol. The number of para-hydroxylation sites is 1. The van der Waals surface area contributed by atoms with Crippen molar-refractivity contribution < 1.29 is 14.6 Å². The van der Waals surface area contributed by atoms with E-state index in [-0.39, 0.29) is 6.54 Å². The van der Waals surface area contributed by atoms with Gasteiger partial charge in [0.25, 0.3) is 0 Å². The Balaban J connectivity index is 3.09. The first-order valence-electron chi connectivity index (χ1n) is 5.51. The number of rotatable bonds is 6. The molecule has 1 atom stereocenters. The van der Waals surface area contributed by atoms with E-state index in [1.54, 1.807) is 6.07 Å². The summed E-state index contributed by atoms with van der Waals surface area (Å²) in [7, 11) is 0. The van der Waals surface area contributed by atoms with Crippen molar-refractivity contribution >= 4 is 0 Å². The van der Waals surface area contributed by atoms with Crippen molar-refractivity contribution in [2.75, 3.05) is 19.8 Å². The van der Waals surface area contributed by atoms with Crippen LogP contribution in [0.1, 0.15) is 25.5 Å². The number of ether oxygens (including phenoxy) is 2. The maximum atomic E-state index is 9.77. The summed E-state index contributed by atoms with van der Waals surface area (Å²) in [5, 5.41) is 9.77. The number of aliphatic hydroxyl groups is 1. The summed E-state index contributed by atoms with van der Waals surface area (Å²) in [4.78, 5) is 0. The zero-order chi connectivity index (χ0) is 12.0. The smallest absolute Gasteiger partial charge is 0.166 e. The van der Waals surface area contributed by atoms with Gasteiger partial charge in [-0.15, -0.1) is 0 Å². The first-order valence-corrected chi connectivity index (χ1v) is 5.51. The molecule has 3 N–H and O–H groups in total. The number of hydrogen-bond acceptors (Lipinski definition) is 4. The molecule has 0 saturated heterocycles. The molecule has 0 bridgehead atoms. The van der Waals surface area contributed by atoms with Crippen LogP contribution in [0.3, 0.4) is 0 Å². The van der Waals surface area contributed by atoms with Gasteiger partial charge in [0.2, 0.25) is 0 Å². The van der Waals surface area contributed by atoms with E-state index in [2.05, 4.69) is 0 Å². The lowest BCUT2D eigenvalue weighted by molar-refractivity contribution is 0.178. The maximum Gasteiger partial charge on any atom is 0.166 e. The third-order valence-corrected chi connectivity index (χ3v) is 2.18. The van der Waals surface area contributed by atoms with Crippen LogP contribution in [0.4, 0.5) is 0 Å². The molecule has 0 fully saturated rings. The molecular formula is C12H19NO3. The lowest BCUT2D eigenvalue weighted by Gasteiger charge is -2.17. The van der Waals surface area contributed by atoms with E-state index in [1.165, 1.54) is 0 Å². The van der Waals surface area contributed by atoms with Crippen LogP contribution in [0.25, 0.3) is 0 Å². The summed E-state index contributed by atoms with van der Waals surface area (Å²) < 4.78 is 11.0. The Morgan fingerprint density at radius 1 is 1.25 bits per heavy atom. The molecular weight excluding hydrogens is 206 g/mol. The predicted molar refractivity (Wildman–Crippen MR) is 62.8 cm³/mol. The number of hydrogen-bond donors (Lipinski definition) is 2. The first kappa shape index (κ1) is 12.8. The second kappa shape index (κ2) is 6.35. The molecule has 0 aromatic heterocycles. The highest BCUT2D eigenvalue weighted by Crippen LogP contribution is 2.34. The molecule has 4 nitrogen and oxygen atoms in total. The van der Waals surface area contributed by atoms with E-state index in [9.17, 15) is 5.11 Å². The zero-order valence-corrected chi connectivity index (χ0v) is 9.77. The molecule has 0 aliphatic rings. The quantitative estimate of drug-likeness (QED) is 0.769. The molecule has 4 heteroatoms. The first-order chi connectivity index (χ1) is 7.74. The van der Waals surface area contributed by atoms with Crippen molar-refractivity contribution in [2.45, 2.75) is 20.0 Å². The Morgan fingerprint density at radius 2 is 1.94 bits per heavy atom. The fraction of sp³-hybridized carbons (Fsp3) is 0.500. The fourth-order valence-corrected chi connectivity index (χ4v) is 1.49. The largest absolute Gasteiger partial charge is 0.490 e. The molecule has 1 aromatic rings. The Bertz CT molecular complexity index is 328. The summed E-state index contributed by atoms with van der Waals surface area (Å²) in [6, 6.07) is 5.44. The molecule has 0 saturated carbocycles. The topological polar surface area (TPSA) is 64.7 Å². The van der Waals surface area contributed by atoms with Gasteiger partial charge in [-0.05, 0) is 19.9 Å². The normalized spacial score (nSPS) is 12.2. The van der Waals surface area contributed by atoms with Gasteiger partial charge in [-0.25, -0.2) is 0 Å². The highest BCUT2D eigenvalue weighted by atomic mass is 16.5. The van der Waals surface area contributed by atoms with Crippen molar-refractivity contribution in [1.82, 2.24) is 0 Å². The Kier molecular flexibility index (Phi) is 5.08. The van der Waals surface area contributed by atoms with Crippen LogP contribution in [0.15, 0.2) is 18.2 Å². The molecule has 0 aliphatic heterocycles. The van der Waals surface area contributed by atoms with Gasteiger partial charge < -0.3 is 20.3 Å². The predicted octanol–water partition coefficient (Wildman–Crippen LogP) is 1.48. The van der Waals surface area contributed by atoms with Gasteiger partial charge in [0.15, 0.2) is 11.5 Å². The van der Waals surface area contributed by atoms with Gasteiger partial charge in [-0.2, -0.15) is 0 Å². The van der Waals surface area contributed by atoms with E-state index in [0.29, 0.717) is 30.3 Å². The second-order valence-electron chi connectivity index (χ2n) is 3.29. The van der Waals surface area contributed by atoms with Crippen molar-refractivity contribution in [3.05, 3.63) is 23.8 Å². The third-order valence-electron chi connectivity index (χ3n) is 2.18. The minimum atomic E-state index is -0.720. The molecule has 1 rings (SSSR count). The van der Waals surface area contributed by atoms with E-state index >= 15 is 0 Å². The monoisotopic (exact) mass is 225 g/mol. The molecule has 0 amide bonds. The molecule has 1 unspecified atom stereocenters. The highest BCUT2D eigenvalue weighted by Gasteiger charge is 2.16. The summed E-state index contributed by atoms with van der Waals surface area (Å²) in [5.41, 5.74) is 6.12. The minimum absolute atomic E-state index is 0.162. The van der Waals surface area contributed by atoms with Crippen LogP contribution in [-0.4, -0.2) is 24.9 Å². The second-order valence-corrected chi connectivity index (χ2v) is 3.29. The van der Waals surface area contributed by atoms with E-state index < -0.39 is 6.10 Å². The standard InChI is InChI=1S/C12H19NO3/c1-3-15-11-7-5-6-9(10(14)8-13)12(11)16-4-2/h5-7,10,14H,3-4,8,13H2,1-2H3. The van der Waals surface area contributed by atoms with Crippen LogP contribution in [0.5, 0.6) is 11.5 Å². The van der Waals surface area contributed by atoms with Crippen molar-refractivity contribution in [3.8, 4) is 11.5 Å². The van der Waals surface area contributed by atoms with Crippen LogP contribution < -0.4 is 15.2 Å². The Hall–Kier alpha value is -1.26. The molecule has 0 heterocycles. The molecule has 90 valence electrons. The van der Waals surface area contributed by atoms with Gasteiger partial charge >= 0.3 is 0 Å². The van der Waals surface area contributed by atoms with Gasteiger partial charge in [0.05, 0.1) is 19.3 Å². The lowest BCUT2D eigenvalue weighted by atomic mass is 10.1. The van der Waals surface area contributed by atoms with Gasteiger partial charge in [-0.3, -0.25) is 0 Å². The fourth-order valence-electron chi connectivity index (χ4n) is 1.49. The SMILES string of the molecule is CCOc1cccc(C(O)CN)c1OCC. The van der Waals surface area contributed by atoms with Gasteiger partial charge in [0, 0.05) is 12.1 Å². The summed E-state index contributed by atoms with van der Waals surface area (Å²) in [6.07, 6.45) is -0.720. The van der Waals surface area contributed by atoms with Crippen molar-refractivity contribution in [3.63, 3.8) is 0 Å². The average Bonchev–Trinajstić information content (AvgIpc) is 2.31. The summed E-state index contributed by atoms with van der Waals surface area (Å²) in [6.45, 7) is 5.04. The maximum absolute atomic E-state index is 9.77. The van der Waals surface area contributed by atoms with Crippen LogP contribution in [0.2, 0.25) is 0 Å². The minimum Gasteiger partial charge on any atom is -0.490 e. The molecule has 0 radical (unpaired) electrons. The van der Waals surface area contributed by atoms with E-state index in [4.69, 9.17) is 15.2 Å². The third kappa shape index (κ3) is 2.87. The lowest BCUT2D eigenvalue weighted by Crippen LogP contribution is -2.13. The van der Waals surface area contributed by atoms with Crippen LogP contribution in [-0.2, 0) is 0 Å². The Morgan fingerprint density at radius 3 is 2.50 bits per heavy atom. The van der Waals surface area contributed by atoms with E-state index in [1.807, 2.05) is 26.0 Å². The van der Waals surface area contributed by atoms with E-state index in [0.717, 1.165) is 0 Å². The summed E-state index contributed by atoms with van der Waals surface area (Å²) >= 11 is 0. The number of benzene rings is 1. The zero-order valence-electron chi connectivity index (χ0n) is 9.77. The molecule has 0 aliphatic carbocycles. The summed E-state index contributed by atoms with van der Waals surface area (Å²) in [5.74, 6) is 1.24.